The lowest BCUT2D eigenvalue weighted by Crippen LogP contribution is -2.54. The summed E-state index contributed by atoms with van der Waals surface area (Å²) in [5, 5.41) is 12.5. The third-order valence-electron chi connectivity index (χ3n) is 5.11. The summed E-state index contributed by atoms with van der Waals surface area (Å²) < 4.78 is 0. The fraction of sp³-hybridized carbons (Fsp3) is 0.381. The van der Waals surface area contributed by atoms with Crippen LogP contribution in [0, 0.1) is 0 Å². The van der Waals surface area contributed by atoms with Crippen LogP contribution in [0.25, 0.3) is 0 Å². The summed E-state index contributed by atoms with van der Waals surface area (Å²) in [6.45, 7) is 7.42. The molecule has 0 aliphatic carbocycles. The van der Waals surface area contributed by atoms with Crippen molar-refractivity contribution in [3.63, 3.8) is 0 Å². The number of nitrogens with one attached hydrogen (secondary N) is 1. The van der Waals surface area contributed by atoms with E-state index in [2.05, 4.69) is 15.1 Å². The Hall–Kier alpha value is -2.53. The van der Waals surface area contributed by atoms with E-state index in [-0.39, 0.29) is 23.7 Å². The molecule has 5 nitrogen and oxygen atoms in total. The number of carbonyl (C=O) groups is 1. The monoisotopic (exact) mass is 353 g/mol. The molecule has 0 spiro atoms. The SMILES string of the molecule is CC(NC(=O)C(C)N1CCN(c2ccc(O)cc2)CC1)c1ccccc1. The molecule has 26 heavy (non-hydrogen) atoms. The summed E-state index contributed by atoms with van der Waals surface area (Å²) in [7, 11) is 0. The number of aromatic hydroxyl groups is 1. The van der Waals surface area contributed by atoms with Crippen LogP contribution in [0.3, 0.4) is 0 Å². The Morgan fingerprint density at radius 1 is 0.962 bits per heavy atom. The minimum Gasteiger partial charge on any atom is -0.508 e. The van der Waals surface area contributed by atoms with Crippen molar-refractivity contribution in [1.82, 2.24) is 10.2 Å². The highest BCUT2D eigenvalue weighted by Gasteiger charge is 2.26. The van der Waals surface area contributed by atoms with E-state index in [1.165, 1.54) is 0 Å². The number of piperazine rings is 1. The largest absolute Gasteiger partial charge is 0.508 e. The number of hydrogen-bond acceptors (Lipinski definition) is 4. The second kappa shape index (κ2) is 8.23. The first kappa shape index (κ1) is 18.3. The number of amides is 1. The summed E-state index contributed by atoms with van der Waals surface area (Å²) in [6, 6.07) is 17.2. The molecule has 5 heteroatoms. The van der Waals surface area contributed by atoms with Crippen LogP contribution < -0.4 is 10.2 Å². The summed E-state index contributed by atoms with van der Waals surface area (Å²) in [4.78, 5) is 17.1. The molecule has 2 unspecified atom stereocenters. The minimum absolute atomic E-state index is 0.00411. The average molecular weight is 353 g/mol. The van der Waals surface area contributed by atoms with Crippen LogP contribution in [0.5, 0.6) is 5.75 Å². The van der Waals surface area contributed by atoms with E-state index in [4.69, 9.17) is 0 Å². The van der Waals surface area contributed by atoms with E-state index < -0.39 is 0 Å². The molecule has 1 saturated heterocycles. The molecule has 1 heterocycles. The number of nitrogens with zero attached hydrogens (tertiary/aromatic N) is 2. The smallest absolute Gasteiger partial charge is 0.237 e. The highest BCUT2D eigenvalue weighted by molar-refractivity contribution is 5.81. The lowest BCUT2D eigenvalue weighted by molar-refractivity contribution is -0.126. The first-order chi connectivity index (χ1) is 12.5. The molecule has 0 bridgehead atoms. The number of rotatable bonds is 5. The zero-order valence-electron chi connectivity index (χ0n) is 15.4. The van der Waals surface area contributed by atoms with E-state index in [1.54, 1.807) is 12.1 Å². The molecule has 1 aliphatic rings. The van der Waals surface area contributed by atoms with Crippen LogP contribution in [0.1, 0.15) is 25.5 Å². The molecule has 2 N–H and O–H groups in total. The van der Waals surface area contributed by atoms with E-state index in [0.717, 1.165) is 37.4 Å². The average Bonchev–Trinajstić information content (AvgIpc) is 2.69. The molecule has 2 atom stereocenters. The van der Waals surface area contributed by atoms with Crippen LogP contribution in [0.15, 0.2) is 54.6 Å². The maximum atomic E-state index is 12.6. The molecule has 1 aliphatic heterocycles. The number of phenolic OH excluding ortho intramolecular Hbond substituents is 1. The van der Waals surface area contributed by atoms with Crippen LogP contribution in [0.2, 0.25) is 0 Å². The molecule has 0 saturated carbocycles. The highest BCUT2D eigenvalue weighted by atomic mass is 16.3. The van der Waals surface area contributed by atoms with Gasteiger partial charge in [-0.15, -0.1) is 0 Å². The molecule has 3 rings (SSSR count). The van der Waals surface area contributed by atoms with Gasteiger partial charge in [0.05, 0.1) is 12.1 Å². The number of carbonyl (C=O) groups excluding carboxylic acids is 1. The van der Waals surface area contributed by atoms with Crippen molar-refractivity contribution in [2.24, 2.45) is 0 Å². The zero-order valence-corrected chi connectivity index (χ0v) is 15.4. The van der Waals surface area contributed by atoms with Gasteiger partial charge >= 0.3 is 0 Å². The van der Waals surface area contributed by atoms with E-state index in [1.807, 2.05) is 56.3 Å². The lowest BCUT2D eigenvalue weighted by Gasteiger charge is -2.38. The van der Waals surface area contributed by atoms with Gasteiger partial charge in [-0.3, -0.25) is 9.69 Å². The summed E-state index contributed by atoms with van der Waals surface area (Å²) in [5.74, 6) is 0.352. The van der Waals surface area contributed by atoms with Gasteiger partial charge in [0, 0.05) is 31.9 Å². The number of hydrogen-bond donors (Lipinski definition) is 2. The van der Waals surface area contributed by atoms with Crippen LogP contribution in [0.4, 0.5) is 5.69 Å². The molecule has 138 valence electrons. The van der Waals surface area contributed by atoms with Crippen molar-refractivity contribution in [3.05, 3.63) is 60.2 Å². The molecule has 1 fully saturated rings. The Morgan fingerprint density at radius 3 is 2.19 bits per heavy atom. The van der Waals surface area contributed by atoms with E-state index >= 15 is 0 Å². The van der Waals surface area contributed by atoms with Gasteiger partial charge in [0.15, 0.2) is 0 Å². The molecule has 0 aromatic heterocycles. The topological polar surface area (TPSA) is 55.8 Å². The van der Waals surface area contributed by atoms with Crippen molar-refractivity contribution in [2.75, 3.05) is 31.1 Å². The second-order valence-corrected chi connectivity index (χ2v) is 6.86. The van der Waals surface area contributed by atoms with Crippen molar-refractivity contribution in [3.8, 4) is 5.75 Å². The quantitative estimate of drug-likeness (QED) is 0.868. The van der Waals surface area contributed by atoms with Crippen LogP contribution in [-0.4, -0.2) is 48.1 Å². The standard InChI is InChI=1S/C21H27N3O2/c1-16(18-6-4-3-5-7-18)22-21(26)17(2)23-12-14-24(15-13-23)19-8-10-20(25)11-9-19/h3-11,16-17,25H,12-15H2,1-2H3,(H,22,26). The zero-order chi connectivity index (χ0) is 18.5. The molecule has 0 radical (unpaired) electrons. The van der Waals surface area contributed by atoms with Gasteiger partial charge in [-0.1, -0.05) is 30.3 Å². The van der Waals surface area contributed by atoms with Gasteiger partial charge < -0.3 is 15.3 Å². The number of anilines is 1. The predicted octanol–water partition coefficient (Wildman–Crippen LogP) is 2.78. The van der Waals surface area contributed by atoms with Crippen molar-refractivity contribution >= 4 is 11.6 Å². The normalized spacial score (nSPS) is 17.5. The molecule has 1 amide bonds. The highest BCUT2D eigenvalue weighted by Crippen LogP contribution is 2.20. The first-order valence-corrected chi connectivity index (χ1v) is 9.18. The summed E-state index contributed by atoms with van der Waals surface area (Å²) in [6.07, 6.45) is 0. The van der Waals surface area contributed by atoms with E-state index in [9.17, 15) is 9.90 Å². The maximum absolute atomic E-state index is 12.6. The Balaban J connectivity index is 1.52. The molecular formula is C21H27N3O2. The first-order valence-electron chi connectivity index (χ1n) is 9.18. The van der Waals surface area contributed by atoms with E-state index in [0.29, 0.717) is 0 Å². The number of benzene rings is 2. The Kier molecular flexibility index (Phi) is 5.78. The van der Waals surface area contributed by atoms with Gasteiger partial charge in [-0.25, -0.2) is 0 Å². The summed E-state index contributed by atoms with van der Waals surface area (Å²) >= 11 is 0. The van der Waals surface area contributed by atoms with Gasteiger partial charge in [0.2, 0.25) is 5.91 Å². The Labute approximate surface area is 155 Å². The lowest BCUT2D eigenvalue weighted by atomic mass is 10.1. The van der Waals surface area contributed by atoms with Crippen molar-refractivity contribution in [2.45, 2.75) is 25.9 Å². The number of phenols is 1. The fourth-order valence-corrected chi connectivity index (χ4v) is 3.36. The molecular weight excluding hydrogens is 326 g/mol. The molecule has 2 aromatic carbocycles. The second-order valence-electron chi connectivity index (χ2n) is 6.86. The van der Waals surface area contributed by atoms with Gasteiger partial charge in [0.25, 0.3) is 0 Å². The van der Waals surface area contributed by atoms with Gasteiger partial charge in [-0.2, -0.15) is 0 Å². The third kappa shape index (κ3) is 4.35. The van der Waals surface area contributed by atoms with Gasteiger partial charge in [0.1, 0.15) is 5.75 Å². The fourth-order valence-electron chi connectivity index (χ4n) is 3.36. The minimum atomic E-state index is -0.150. The predicted molar refractivity (Wildman–Crippen MR) is 104 cm³/mol. The van der Waals surface area contributed by atoms with Crippen LogP contribution in [-0.2, 0) is 4.79 Å². The maximum Gasteiger partial charge on any atom is 0.237 e. The molecule has 2 aromatic rings. The summed E-state index contributed by atoms with van der Waals surface area (Å²) in [5.41, 5.74) is 2.22. The van der Waals surface area contributed by atoms with Crippen LogP contribution >= 0.6 is 0 Å². The van der Waals surface area contributed by atoms with Crippen molar-refractivity contribution in [1.29, 1.82) is 0 Å². The Morgan fingerprint density at radius 2 is 1.58 bits per heavy atom. The van der Waals surface area contributed by atoms with Gasteiger partial charge in [-0.05, 0) is 43.7 Å². The van der Waals surface area contributed by atoms with Crippen molar-refractivity contribution < 1.29 is 9.90 Å². The Bertz CT molecular complexity index is 710. The third-order valence-corrected chi connectivity index (χ3v) is 5.11.